The number of nitrogens with two attached hydrogens (primary N) is 1. The van der Waals surface area contributed by atoms with Crippen LogP contribution in [0.2, 0.25) is 0 Å². The van der Waals surface area contributed by atoms with Crippen LogP contribution in [0.1, 0.15) is 179 Å². The number of carboxylic acids is 2. The highest BCUT2D eigenvalue weighted by Gasteiger charge is 2.30. The number of aliphatic carboxylic acids is 2. The summed E-state index contributed by atoms with van der Waals surface area (Å²) in [6.07, 6.45) is 24.1. The molecule has 6 amide bonds. The van der Waals surface area contributed by atoms with Crippen molar-refractivity contribution in [3.8, 4) is 5.75 Å². The van der Waals surface area contributed by atoms with Gasteiger partial charge in [0.1, 0.15) is 25.0 Å². The third-order valence-electron chi connectivity index (χ3n) is 15.2. The molecule has 0 unspecified atom stereocenters. The summed E-state index contributed by atoms with van der Waals surface area (Å²) in [4.78, 5) is 109. The Hall–Kier alpha value is -5.79. The van der Waals surface area contributed by atoms with Crippen molar-refractivity contribution in [2.24, 2.45) is 17.6 Å². The van der Waals surface area contributed by atoms with Crippen molar-refractivity contribution in [1.29, 1.82) is 0 Å². The zero-order valence-electron chi connectivity index (χ0n) is 51.4. The second-order valence-electron chi connectivity index (χ2n) is 22.4. The number of phenols is 1. The number of Topliss-reactive ketones (excluding diaryl/α,β-unsaturated/α-hetero) is 1. The summed E-state index contributed by atoms with van der Waals surface area (Å²) in [7, 11) is 1.68. The third-order valence-corrected chi connectivity index (χ3v) is 15.2. The van der Waals surface area contributed by atoms with Gasteiger partial charge in [0.15, 0.2) is 5.78 Å². The number of hydrogen-bond acceptors (Lipinski definition) is 16. The van der Waals surface area contributed by atoms with Crippen LogP contribution in [0.15, 0.2) is 24.3 Å². The second-order valence-corrected chi connectivity index (χ2v) is 22.4. The molecule has 3 atom stereocenters. The first-order valence-electron chi connectivity index (χ1n) is 31.7. The van der Waals surface area contributed by atoms with Gasteiger partial charge in [0.25, 0.3) is 0 Å². The molecule has 1 aromatic rings. The highest BCUT2D eigenvalue weighted by molar-refractivity contribution is 5.87. The molecule has 1 fully saturated rings. The predicted molar refractivity (Wildman–Crippen MR) is 325 cm³/mol. The van der Waals surface area contributed by atoms with Crippen molar-refractivity contribution in [1.82, 2.24) is 37.2 Å². The Bertz CT molecular complexity index is 2060. The molecule has 1 saturated carbocycles. The lowest BCUT2D eigenvalue weighted by Gasteiger charge is -2.28. The maximum atomic E-state index is 13.0. The Kier molecular flexibility index (Phi) is 44.6. The molecule has 490 valence electrons. The van der Waals surface area contributed by atoms with Crippen LogP contribution in [0, 0.1) is 11.8 Å². The van der Waals surface area contributed by atoms with Gasteiger partial charge >= 0.3 is 11.9 Å². The summed E-state index contributed by atoms with van der Waals surface area (Å²) in [5.74, 6) is -3.85. The van der Waals surface area contributed by atoms with Gasteiger partial charge in [-0.05, 0) is 101 Å². The van der Waals surface area contributed by atoms with E-state index in [1.165, 1.54) is 76.3 Å². The number of likely N-dealkylation sites (N-methyl/N-ethyl adjacent to an activating group) is 1. The van der Waals surface area contributed by atoms with Gasteiger partial charge in [-0.1, -0.05) is 102 Å². The molecule has 1 aliphatic rings. The molecule has 2 rings (SSSR count). The van der Waals surface area contributed by atoms with Gasteiger partial charge in [0.2, 0.25) is 35.4 Å². The van der Waals surface area contributed by atoms with E-state index in [1.807, 2.05) is 0 Å². The van der Waals surface area contributed by atoms with Crippen molar-refractivity contribution in [3.63, 3.8) is 0 Å². The summed E-state index contributed by atoms with van der Waals surface area (Å²) in [6.45, 7) is 2.09. The molecular formula is C62H106N8O16. The summed E-state index contributed by atoms with van der Waals surface area (Å²) < 4.78 is 21.6. The lowest BCUT2D eigenvalue weighted by molar-refractivity contribution is -0.143. The third kappa shape index (κ3) is 41.3. The number of carbonyl (C=O) groups excluding carboxylic acids is 7. The molecule has 24 heteroatoms. The number of benzene rings is 1. The van der Waals surface area contributed by atoms with Crippen molar-refractivity contribution < 1.29 is 77.4 Å². The Labute approximate surface area is 509 Å². The molecule has 1 aliphatic carbocycles. The fourth-order valence-electron chi connectivity index (χ4n) is 9.98. The Morgan fingerprint density at radius 1 is 0.523 bits per heavy atom. The van der Waals surface area contributed by atoms with E-state index in [0.29, 0.717) is 51.6 Å². The predicted octanol–water partition coefficient (Wildman–Crippen LogP) is 4.50. The van der Waals surface area contributed by atoms with Gasteiger partial charge in [0.05, 0.1) is 58.3 Å². The largest absolute Gasteiger partial charge is 0.508 e. The molecule has 0 heterocycles. The van der Waals surface area contributed by atoms with Gasteiger partial charge in [-0.2, -0.15) is 0 Å². The van der Waals surface area contributed by atoms with Gasteiger partial charge in [-0.25, -0.2) is 4.79 Å². The number of carbonyl (C=O) groups is 9. The summed E-state index contributed by atoms with van der Waals surface area (Å²) in [6, 6.07) is 4.00. The van der Waals surface area contributed by atoms with Gasteiger partial charge in [-0.3, -0.25) is 43.7 Å². The lowest BCUT2D eigenvalue weighted by Crippen LogP contribution is -2.48. The number of unbranched alkanes of at least 4 members (excludes halogenated alkanes) is 16. The summed E-state index contributed by atoms with van der Waals surface area (Å²) in [5, 5.41) is 47.7. The molecule has 86 heavy (non-hydrogen) atoms. The van der Waals surface area contributed by atoms with Crippen LogP contribution in [0.5, 0.6) is 5.75 Å². The number of ketones is 1. The molecule has 12 N–H and O–H groups in total. The first kappa shape index (κ1) is 76.3. The number of aromatic hydroxyl groups is 1. The SMILES string of the molecule is CN[C@@H](CCCCNC(=O)COCCOCCNC(=O)COCCOCCNC(=O)CC[C@H](NC(=O)C1CCC(CNC(=O)CCCCCCCCCCCCCCCCCCC(=O)O)CC1)C(=O)O)C(=O)CN[C@@H](Cc1ccc(O)cc1)C(N)=O. The average Bonchev–Trinajstić information content (AvgIpc) is 3.70. The molecule has 0 radical (unpaired) electrons. The zero-order chi connectivity index (χ0) is 62.8. The monoisotopic (exact) mass is 1220 g/mol. The highest BCUT2D eigenvalue weighted by atomic mass is 16.5. The number of nitrogens with one attached hydrogen (secondary N) is 7. The Morgan fingerprint density at radius 2 is 1.01 bits per heavy atom. The molecule has 0 bridgehead atoms. The van der Waals surface area contributed by atoms with E-state index >= 15 is 0 Å². The van der Waals surface area contributed by atoms with Crippen molar-refractivity contribution in [2.75, 3.05) is 92.6 Å². The van der Waals surface area contributed by atoms with E-state index in [-0.39, 0.29) is 151 Å². The highest BCUT2D eigenvalue weighted by Crippen LogP contribution is 2.29. The molecule has 24 nitrogen and oxygen atoms in total. The van der Waals surface area contributed by atoms with Crippen LogP contribution < -0.4 is 43.0 Å². The Morgan fingerprint density at radius 3 is 1.52 bits per heavy atom. The van der Waals surface area contributed by atoms with Crippen molar-refractivity contribution in [2.45, 2.75) is 198 Å². The zero-order valence-corrected chi connectivity index (χ0v) is 51.4. The number of ether oxygens (including phenoxy) is 4. The number of rotatable bonds is 56. The van der Waals surface area contributed by atoms with Gasteiger partial charge in [0, 0.05) is 51.4 Å². The average molecular weight is 1220 g/mol. The van der Waals surface area contributed by atoms with Crippen LogP contribution in [0.25, 0.3) is 0 Å². The quantitative estimate of drug-likeness (QED) is 0.0400. The molecule has 1 aromatic carbocycles. The first-order chi connectivity index (χ1) is 41.6. The van der Waals surface area contributed by atoms with Crippen LogP contribution in [-0.4, -0.2) is 179 Å². The fourth-order valence-corrected chi connectivity index (χ4v) is 9.98. The van der Waals surface area contributed by atoms with Crippen LogP contribution >= 0.6 is 0 Å². The molecular weight excluding hydrogens is 1110 g/mol. The topological polar surface area (TPSA) is 361 Å². The van der Waals surface area contributed by atoms with E-state index < -0.39 is 36.0 Å². The van der Waals surface area contributed by atoms with Gasteiger partial charge in [-0.15, -0.1) is 0 Å². The van der Waals surface area contributed by atoms with E-state index in [4.69, 9.17) is 29.8 Å². The summed E-state index contributed by atoms with van der Waals surface area (Å²) >= 11 is 0. The number of hydrogen-bond donors (Lipinski definition) is 11. The van der Waals surface area contributed by atoms with Crippen LogP contribution in [0.3, 0.4) is 0 Å². The van der Waals surface area contributed by atoms with E-state index in [9.17, 15) is 53.4 Å². The number of phenolic OH excluding ortho intramolecular Hbond substituents is 1. The second kappa shape index (κ2) is 50.2. The van der Waals surface area contributed by atoms with Crippen molar-refractivity contribution >= 4 is 53.2 Å². The maximum Gasteiger partial charge on any atom is 0.326 e. The fraction of sp³-hybridized carbons (Fsp3) is 0.758. The van der Waals surface area contributed by atoms with Crippen LogP contribution in [0.4, 0.5) is 0 Å². The molecule has 0 aliphatic heterocycles. The summed E-state index contributed by atoms with van der Waals surface area (Å²) in [5.41, 5.74) is 6.32. The molecule has 0 aromatic heterocycles. The maximum absolute atomic E-state index is 13.0. The minimum atomic E-state index is -1.21. The minimum Gasteiger partial charge on any atom is -0.508 e. The lowest BCUT2D eigenvalue weighted by atomic mass is 9.81. The molecule has 0 saturated heterocycles. The number of primary amides is 1. The van der Waals surface area contributed by atoms with E-state index in [1.54, 1.807) is 19.2 Å². The number of carboxylic acid groups (broad SMARTS) is 2. The van der Waals surface area contributed by atoms with Gasteiger partial charge < -0.3 is 71.9 Å². The number of amides is 6. The van der Waals surface area contributed by atoms with Crippen molar-refractivity contribution in [3.05, 3.63) is 29.8 Å². The first-order valence-corrected chi connectivity index (χ1v) is 31.7. The molecule has 0 spiro atoms. The standard InChI is InChI=1S/C62H106N8O16/c1-64-51(54(72)44-68-53(60(63)79)42-47-25-29-50(71)30-26-47)20-18-19-33-65-57(75)45-85-40-39-84-37-35-67-58(76)46-86-41-38-83-36-34-66-56(74)32-31-52(62(81)82)70-61(80)49-27-23-48(24-28-49)43-69-55(73)21-16-14-12-10-8-6-4-2-3-5-7-9-11-13-15-17-22-59(77)78/h25-26,29-30,48-49,51-53,64,68,71H,2-24,27-28,31-46H2,1H3,(H2,63,79)(H,65,75)(H,66,74)(H,67,76)(H,69,73)(H,70,80)(H,77,78)(H,81,82)/t48?,49?,51-,52-,53-/m0/s1. The Balaban J connectivity index is 1.37. The normalized spacial score (nSPS) is 15.0. The van der Waals surface area contributed by atoms with E-state index in [2.05, 4.69) is 37.2 Å². The van der Waals surface area contributed by atoms with Crippen LogP contribution in [-0.2, 0) is 68.5 Å². The smallest absolute Gasteiger partial charge is 0.326 e. The minimum absolute atomic E-state index is 0.0507. The van der Waals surface area contributed by atoms with E-state index in [0.717, 1.165) is 56.9 Å².